The highest BCUT2D eigenvalue weighted by molar-refractivity contribution is 7.98. The van der Waals surface area contributed by atoms with Crippen molar-refractivity contribution in [2.45, 2.75) is 51.2 Å². The predicted molar refractivity (Wildman–Crippen MR) is 127 cm³/mol. The first-order chi connectivity index (χ1) is 15.6. The largest absolute Gasteiger partial charge is 0.508 e. The number of phenolic OH excluding ortho intramolecular Hbond substituents is 1. The molecular formula is C22H34N4O6S. The first kappa shape index (κ1) is 28.2. The van der Waals surface area contributed by atoms with Crippen LogP contribution in [-0.2, 0) is 25.6 Å². The number of hydrogen-bond donors (Lipinski definition) is 6. The van der Waals surface area contributed by atoms with Gasteiger partial charge in [0.1, 0.15) is 17.8 Å². The molecule has 0 aliphatic rings. The summed E-state index contributed by atoms with van der Waals surface area (Å²) in [6.45, 7) is 3.12. The molecule has 1 rings (SSSR count). The van der Waals surface area contributed by atoms with Gasteiger partial charge in [-0.2, -0.15) is 11.8 Å². The second-order valence-corrected chi connectivity index (χ2v) is 8.79. The van der Waals surface area contributed by atoms with Crippen LogP contribution in [0.1, 0.15) is 32.3 Å². The van der Waals surface area contributed by atoms with E-state index in [0.717, 1.165) is 5.56 Å². The number of aliphatic carboxylic acids is 1. The van der Waals surface area contributed by atoms with Crippen LogP contribution in [0.15, 0.2) is 24.3 Å². The van der Waals surface area contributed by atoms with E-state index in [1.165, 1.54) is 23.9 Å². The molecule has 0 fully saturated rings. The Bertz CT molecular complexity index is 805. The molecule has 4 atom stereocenters. The van der Waals surface area contributed by atoms with Crippen molar-refractivity contribution < 1.29 is 29.4 Å². The van der Waals surface area contributed by atoms with Crippen LogP contribution in [0.5, 0.6) is 5.75 Å². The second-order valence-electron chi connectivity index (χ2n) is 7.81. The molecule has 11 heteroatoms. The molecule has 7 N–H and O–H groups in total. The summed E-state index contributed by atoms with van der Waals surface area (Å²) in [5.74, 6) is -2.42. The van der Waals surface area contributed by atoms with Gasteiger partial charge >= 0.3 is 5.97 Å². The fourth-order valence-electron chi connectivity index (χ4n) is 2.96. The Labute approximate surface area is 198 Å². The average Bonchev–Trinajstić information content (AvgIpc) is 2.79. The first-order valence-corrected chi connectivity index (χ1v) is 12.1. The van der Waals surface area contributed by atoms with Gasteiger partial charge in [-0.15, -0.1) is 0 Å². The van der Waals surface area contributed by atoms with Crippen LogP contribution < -0.4 is 21.7 Å². The highest BCUT2D eigenvalue weighted by Gasteiger charge is 2.27. The van der Waals surface area contributed by atoms with Gasteiger partial charge in [-0.05, 0) is 48.5 Å². The van der Waals surface area contributed by atoms with Crippen LogP contribution in [0.2, 0.25) is 0 Å². The highest BCUT2D eigenvalue weighted by Crippen LogP contribution is 2.11. The third-order valence-electron chi connectivity index (χ3n) is 5.19. The van der Waals surface area contributed by atoms with E-state index in [4.69, 9.17) is 5.73 Å². The van der Waals surface area contributed by atoms with Crippen molar-refractivity contribution >= 4 is 35.5 Å². The van der Waals surface area contributed by atoms with Gasteiger partial charge in [-0.1, -0.05) is 32.4 Å². The van der Waals surface area contributed by atoms with Crippen LogP contribution in [0.25, 0.3) is 0 Å². The van der Waals surface area contributed by atoms with Crippen LogP contribution in [0.4, 0.5) is 0 Å². The summed E-state index contributed by atoms with van der Waals surface area (Å²) in [4.78, 5) is 48.7. The third kappa shape index (κ3) is 10.1. The van der Waals surface area contributed by atoms with Crippen molar-refractivity contribution in [3.8, 4) is 5.75 Å². The van der Waals surface area contributed by atoms with Gasteiger partial charge in [-0.25, -0.2) is 4.79 Å². The van der Waals surface area contributed by atoms with E-state index in [0.29, 0.717) is 18.6 Å². The van der Waals surface area contributed by atoms with E-state index in [-0.39, 0.29) is 18.1 Å². The Morgan fingerprint density at radius 3 is 2.27 bits per heavy atom. The molecule has 1 aromatic rings. The lowest BCUT2D eigenvalue weighted by Crippen LogP contribution is -2.54. The number of carbonyl (C=O) groups excluding carboxylic acids is 3. The Balaban J connectivity index is 2.67. The Morgan fingerprint density at radius 2 is 1.73 bits per heavy atom. The van der Waals surface area contributed by atoms with Crippen molar-refractivity contribution in [1.82, 2.24) is 16.0 Å². The van der Waals surface area contributed by atoms with E-state index < -0.39 is 48.4 Å². The summed E-state index contributed by atoms with van der Waals surface area (Å²) in [5, 5.41) is 26.1. The number of carbonyl (C=O) groups is 4. The fourth-order valence-corrected chi connectivity index (χ4v) is 3.43. The van der Waals surface area contributed by atoms with Crippen molar-refractivity contribution in [2.75, 3.05) is 18.6 Å². The van der Waals surface area contributed by atoms with Gasteiger partial charge in [0.25, 0.3) is 0 Å². The number of nitrogens with one attached hydrogen (secondary N) is 3. The van der Waals surface area contributed by atoms with Gasteiger partial charge in [0.2, 0.25) is 17.7 Å². The van der Waals surface area contributed by atoms with Gasteiger partial charge in [-0.3, -0.25) is 14.4 Å². The standard InChI is InChI=1S/C22H34N4O6S/c1-4-13(2)19(22(31)32)26-18(28)12-24-21(30)17(9-10-33-3)25-20(29)16(23)11-14-5-7-15(27)8-6-14/h5-8,13,16-17,19,27H,4,9-12,23H2,1-3H3,(H,24,30)(H,25,29)(H,26,28)(H,31,32). The van der Waals surface area contributed by atoms with Gasteiger partial charge < -0.3 is 31.9 Å². The number of phenols is 1. The molecule has 0 spiro atoms. The average molecular weight is 483 g/mol. The van der Waals surface area contributed by atoms with E-state index in [2.05, 4.69) is 16.0 Å². The molecule has 0 saturated carbocycles. The molecular weight excluding hydrogens is 448 g/mol. The van der Waals surface area contributed by atoms with Crippen molar-refractivity contribution in [3.05, 3.63) is 29.8 Å². The molecule has 10 nitrogen and oxygen atoms in total. The van der Waals surface area contributed by atoms with Gasteiger partial charge in [0.05, 0.1) is 12.6 Å². The Morgan fingerprint density at radius 1 is 1.09 bits per heavy atom. The zero-order valence-electron chi connectivity index (χ0n) is 19.2. The number of rotatable bonds is 14. The SMILES string of the molecule is CCC(C)C(NC(=O)CNC(=O)C(CCSC)NC(=O)C(N)Cc1ccc(O)cc1)C(=O)O. The summed E-state index contributed by atoms with van der Waals surface area (Å²) in [7, 11) is 0. The smallest absolute Gasteiger partial charge is 0.326 e. The van der Waals surface area contributed by atoms with Crippen molar-refractivity contribution in [2.24, 2.45) is 11.7 Å². The van der Waals surface area contributed by atoms with Crippen LogP contribution in [0.3, 0.4) is 0 Å². The maximum absolute atomic E-state index is 12.6. The maximum Gasteiger partial charge on any atom is 0.326 e. The van der Waals surface area contributed by atoms with Crippen LogP contribution in [0, 0.1) is 5.92 Å². The lowest BCUT2D eigenvalue weighted by molar-refractivity contribution is -0.143. The minimum atomic E-state index is -1.14. The number of carboxylic acids is 1. The minimum Gasteiger partial charge on any atom is -0.508 e. The second kappa shape index (κ2) is 14.4. The third-order valence-corrected chi connectivity index (χ3v) is 5.84. The fraction of sp³-hybridized carbons (Fsp3) is 0.545. The van der Waals surface area contributed by atoms with Gasteiger partial charge in [0, 0.05) is 0 Å². The summed E-state index contributed by atoms with van der Waals surface area (Å²) >= 11 is 1.50. The maximum atomic E-state index is 12.6. The molecule has 3 amide bonds. The molecule has 33 heavy (non-hydrogen) atoms. The number of aromatic hydroxyl groups is 1. The molecule has 0 heterocycles. The van der Waals surface area contributed by atoms with Crippen molar-refractivity contribution in [1.29, 1.82) is 0 Å². The quantitative estimate of drug-likeness (QED) is 0.219. The number of carboxylic acid groups (broad SMARTS) is 1. The zero-order valence-corrected chi connectivity index (χ0v) is 20.0. The van der Waals surface area contributed by atoms with E-state index in [9.17, 15) is 29.4 Å². The topological polar surface area (TPSA) is 171 Å². The lowest BCUT2D eigenvalue weighted by Gasteiger charge is -2.22. The summed E-state index contributed by atoms with van der Waals surface area (Å²) in [5.41, 5.74) is 6.74. The first-order valence-electron chi connectivity index (χ1n) is 10.7. The normalized spacial score (nSPS) is 14.4. The molecule has 4 unspecified atom stereocenters. The molecule has 1 aromatic carbocycles. The minimum absolute atomic E-state index is 0.105. The number of thioether (sulfide) groups is 1. The number of benzene rings is 1. The predicted octanol–water partition coefficient (Wildman–Crippen LogP) is 0.232. The van der Waals surface area contributed by atoms with Crippen LogP contribution in [-0.4, -0.2) is 70.6 Å². The molecule has 0 aromatic heterocycles. The Kier molecular flexibility index (Phi) is 12.3. The molecule has 0 radical (unpaired) electrons. The number of hydrogen-bond acceptors (Lipinski definition) is 7. The number of nitrogens with two attached hydrogens (primary N) is 1. The molecule has 0 aliphatic carbocycles. The summed E-state index contributed by atoms with van der Waals surface area (Å²) < 4.78 is 0. The lowest BCUT2D eigenvalue weighted by atomic mass is 9.99. The molecule has 0 bridgehead atoms. The van der Waals surface area contributed by atoms with Crippen molar-refractivity contribution in [3.63, 3.8) is 0 Å². The van der Waals surface area contributed by atoms with E-state index in [1.807, 2.05) is 13.2 Å². The zero-order chi connectivity index (χ0) is 25.0. The Hall–Kier alpha value is -2.79. The molecule has 0 saturated heterocycles. The molecule has 0 aliphatic heterocycles. The monoisotopic (exact) mass is 482 g/mol. The van der Waals surface area contributed by atoms with E-state index >= 15 is 0 Å². The van der Waals surface area contributed by atoms with Gasteiger partial charge in [0.15, 0.2) is 0 Å². The number of amides is 3. The molecule has 184 valence electrons. The highest BCUT2D eigenvalue weighted by atomic mass is 32.2. The van der Waals surface area contributed by atoms with E-state index in [1.54, 1.807) is 19.1 Å². The summed E-state index contributed by atoms with van der Waals surface area (Å²) in [6, 6.07) is 3.45. The van der Waals surface area contributed by atoms with Crippen LogP contribution >= 0.6 is 11.8 Å². The summed E-state index contributed by atoms with van der Waals surface area (Å²) in [6.07, 6.45) is 2.98.